The molecule has 1 aromatic carbocycles. The predicted molar refractivity (Wildman–Crippen MR) is 104 cm³/mol. The summed E-state index contributed by atoms with van der Waals surface area (Å²) < 4.78 is 6.06. The SMILES string of the molecule is COc1ccc(Cl)cc1NC(=O)c1csc2cnc(N(C)CCO)nc12. The summed E-state index contributed by atoms with van der Waals surface area (Å²) in [6.07, 6.45) is 1.67. The molecule has 2 aromatic heterocycles. The van der Waals surface area contributed by atoms with Gasteiger partial charge < -0.3 is 20.1 Å². The fourth-order valence-corrected chi connectivity index (χ4v) is 3.40. The zero-order valence-electron chi connectivity index (χ0n) is 14.2. The number of ether oxygens (including phenoxy) is 1. The van der Waals surface area contributed by atoms with Gasteiger partial charge in [-0.2, -0.15) is 0 Å². The minimum absolute atomic E-state index is 0.0105. The van der Waals surface area contributed by atoms with Crippen molar-refractivity contribution in [1.29, 1.82) is 0 Å². The molecule has 0 aliphatic heterocycles. The summed E-state index contributed by atoms with van der Waals surface area (Å²) in [6, 6.07) is 5.00. The number of hydrogen-bond donors (Lipinski definition) is 2. The third kappa shape index (κ3) is 3.72. The van der Waals surface area contributed by atoms with Crippen LogP contribution in [0.1, 0.15) is 10.4 Å². The summed E-state index contributed by atoms with van der Waals surface area (Å²) in [7, 11) is 3.30. The monoisotopic (exact) mass is 392 g/mol. The highest BCUT2D eigenvalue weighted by atomic mass is 35.5. The van der Waals surface area contributed by atoms with Gasteiger partial charge in [0.05, 0.1) is 41.4 Å². The molecule has 26 heavy (non-hydrogen) atoms. The van der Waals surface area contributed by atoms with E-state index in [1.807, 2.05) is 0 Å². The van der Waals surface area contributed by atoms with E-state index in [4.69, 9.17) is 21.4 Å². The maximum atomic E-state index is 12.8. The Labute approximate surface area is 159 Å². The van der Waals surface area contributed by atoms with Crippen LogP contribution in [0, 0.1) is 0 Å². The molecular formula is C17H17ClN4O3S. The Balaban J connectivity index is 1.93. The zero-order chi connectivity index (χ0) is 18.7. The second-order valence-corrected chi connectivity index (χ2v) is 6.82. The maximum Gasteiger partial charge on any atom is 0.258 e. The maximum absolute atomic E-state index is 12.8. The van der Waals surface area contributed by atoms with E-state index in [0.717, 1.165) is 4.70 Å². The normalized spacial score (nSPS) is 10.8. The molecule has 0 bridgehead atoms. The Kier molecular flexibility index (Phi) is 5.55. The largest absolute Gasteiger partial charge is 0.495 e. The summed E-state index contributed by atoms with van der Waals surface area (Å²) in [5, 5.41) is 14.1. The lowest BCUT2D eigenvalue weighted by molar-refractivity contribution is 0.102. The molecule has 1 amide bonds. The van der Waals surface area contributed by atoms with Crippen molar-refractivity contribution < 1.29 is 14.6 Å². The molecule has 0 aliphatic carbocycles. The van der Waals surface area contributed by atoms with E-state index in [9.17, 15) is 4.79 Å². The van der Waals surface area contributed by atoms with Crippen molar-refractivity contribution in [2.75, 3.05) is 37.5 Å². The van der Waals surface area contributed by atoms with Crippen LogP contribution >= 0.6 is 22.9 Å². The third-order valence-electron chi connectivity index (χ3n) is 3.73. The first kappa shape index (κ1) is 18.4. The molecule has 0 spiro atoms. The first-order valence-electron chi connectivity index (χ1n) is 7.74. The minimum Gasteiger partial charge on any atom is -0.495 e. The highest BCUT2D eigenvalue weighted by molar-refractivity contribution is 7.17. The Bertz CT molecular complexity index is 947. The van der Waals surface area contributed by atoms with Crippen LogP contribution in [0.2, 0.25) is 5.02 Å². The van der Waals surface area contributed by atoms with Crippen molar-refractivity contribution in [2.24, 2.45) is 0 Å². The number of carbonyl (C=O) groups is 1. The number of aromatic nitrogens is 2. The smallest absolute Gasteiger partial charge is 0.258 e. The number of nitrogens with zero attached hydrogens (tertiary/aromatic N) is 3. The summed E-state index contributed by atoms with van der Waals surface area (Å²) >= 11 is 7.40. The standard InChI is InChI=1S/C17H17ClN4O3S/c1-22(5-6-23)17-19-8-14-15(21-17)11(9-26-14)16(24)20-12-7-10(18)3-4-13(12)25-2/h3-4,7-9,23H,5-6H2,1-2H3,(H,20,24). The van der Waals surface area contributed by atoms with Crippen LogP contribution in [0.15, 0.2) is 29.8 Å². The first-order chi connectivity index (χ1) is 12.5. The van der Waals surface area contributed by atoms with E-state index < -0.39 is 0 Å². The van der Waals surface area contributed by atoms with Gasteiger partial charge in [0.1, 0.15) is 5.75 Å². The van der Waals surface area contributed by atoms with Crippen LogP contribution in [-0.4, -0.2) is 48.3 Å². The number of halogens is 1. The molecule has 0 saturated heterocycles. The van der Waals surface area contributed by atoms with Crippen molar-refractivity contribution in [1.82, 2.24) is 9.97 Å². The number of methoxy groups -OCH3 is 1. The third-order valence-corrected chi connectivity index (χ3v) is 4.87. The van der Waals surface area contributed by atoms with Crippen LogP contribution in [0.5, 0.6) is 5.75 Å². The molecule has 0 aliphatic rings. The number of carbonyl (C=O) groups excluding carboxylic acids is 1. The second-order valence-electron chi connectivity index (χ2n) is 5.48. The van der Waals surface area contributed by atoms with Gasteiger partial charge in [0.15, 0.2) is 0 Å². The molecule has 7 nitrogen and oxygen atoms in total. The number of amides is 1. The number of aliphatic hydroxyl groups excluding tert-OH is 1. The molecule has 0 saturated carbocycles. The quantitative estimate of drug-likeness (QED) is 0.670. The molecular weight excluding hydrogens is 376 g/mol. The Morgan fingerprint density at radius 1 is 1.46 bits per heavy atom. The lowest BCUT2D eigenvalue weighted by Gasteiger charge is -2.15. The predicted octanol–water partition coefficient (Wildman–Crippen LogP) is 3.03. The minimum atomic E-state index is -0.314. The van der Waals surface area contributed by atoms with Crippen LogP contribution in [0.4, 0.5) is 11.6 Å². The van der Waals surface area contributed by atoms with Crippen molar-refractivity contribution >= 4 is 50.7 Å². The number of rotatable bonds is 6. The van der Waals surface area contributed by atoms with E-state index >= 15 is 0 Å². The fraction of sp³-hybridized carbons (Fsp3) is 0.235. The lowest BCUT2D eigenvalue weighted by atomic mass is 10.2. The molecule has 3 aromatic rings. The molecule has 2 N–H and O–H groups in total. The fourth-order valence-electron chi connectivity index (χ4n) is 2.38. The van der Waals surface area contributed by atoms with Crippen LogP contribution < -0.4 is 15.0 Å². The summed E-state index contributed by atoms with van der Waals surface area (Å²) in [4.78, 5) is 23.2. The van der Waals surface area contributed by atoms with Gasteiger partial charge in [-0.3, -0.25) is 4.79 Å². The number of fused-ring (bicyclic) bond motifs is 1. The van der Waals surface area contributed by atoms with Gasteiger partial charge in [-0.05, 0) is 18.2 Å². The van der Waals surface area contributed by atoms with Crippen molar-refractivity contribution in [2.45, 2.75) is 0 Å². The van der Waals surface area contributed by atoms with Gasteiger partial charge >= 0.3 is 0 Å². The Morgan fingerprint density at radius 3 is 3.00 bits per heavy atom. The lowest BCUT2D eigenvalue weighted by Crippen LogP contribution is -2.23. The summed E-state index contributed by atoms with van der Waals surface area (Å²) in [5.41, 5.74) is 1.48. The highest BCUT2D eigenvalue weighted by Crippen LogP contribution is 2.30. The molecule has 0 fully saturated rings. The van der Waals surface area contributed by atoms with E-state index in [-0.39, 0.29) is 12.5 Å². The van der Waals surface area contributed by atoms with E-state index in [2.05, 4.69) is 15.3 Å². The molecule has 9 heteroatoms. The second kappa shape index (κ2) is 7.86. The van der Waals surface area contributed by atoms with Gasteiger partial charge in [-0.1, -0.05) is 11.6 Å². The Hall–Kier alpha value is -2.42. The van der Waals surface area contributed by atoms with Gasteiger partial charge in [0.25, 0.3) is 5.91 Å². The van der Waals surface area contributed by atoms with Gasteiger partial charge in [-0.15, -0.1) is 11.3 Å². The summed E-state index contributed by atoms with van der Waals surface area (Å²) in [5.74, 6) is 0.644. The van der Waals surface area contributed by atoms with Gasteiger partial charge in [0.2, 0.25) is 5.95 Å². The number of nitrogens with one attached hydrogen (secondary N) is 1. The van der Waals surface area contributed by atoms with Crippen LogP contribution in [-0.2, 0) is 0 Å². The topological polar surface area (TPSA) is 87.6 Å². The molecule has 0 radical (unpaired) electrons. The number of likely N-dealkylation sites (N-methyl/N-ethyl adjacent to an activating group) is 1. The summed E-state index contributed by atoms with van der Waals surface area (Å²) in [6.45, 7) is 0.389. The van der Waals surface area contributed by atoms with E-state index in [1.165, 1.54) is 18.4 Å². The molecule has 3 rings (SSSR count). The van der Waals surface area contributed by atoms with Crippen molar-refractivity contribution in [3.63, 3.8) is 0 Å². The molecule has 2 heterocycles. The highest BCUT2D eigenvalue weighted by Gasteiger charge is 2.17. The van der Waals surface area contributed by atoms with Gasteiger partial charge in [0, 0.05) is 24.0 Å². The first-order valence-corrected chi connectivity index (χ1v) is 9.00. The molecule has 0 unspecified atom stereocenters. The van der Waals surface area contributed by atoms with Crippen LogP contribution in [0.3, 0.4) is 0 Å². The van der Waals surface area contributed by atoms with Crippen LogP contribution in [0.25, 0.3) is 10.2 Å². The number of aliphatic hydroxyl groups is 1. The van der Waals surface area contributed by atoms with Crippen molar-refractivity contribution in [3.05, 3.63) is 40.4 Å². The average molecular weight is 393 g/mol. The number of anilines is 2. The van der Waals surface area contributed by atoms with Crippen molar-refractivity contribution in [3.8, 4) is 5.75 Å². The number of thiophene rings is 1. The zero-order valence-corrected chi connectivity index (χ0v) is 15.8. The van der Waals surface area contributed by atoms with E-state index in [0.29, 0.717) is 40.0 Å². The average Bonchev–Trinajstić information content (AvgIpc) is 3.05. The molecule has 136 valence electrons. The molecule has 0 atom stereocenters. The number of hydrogen-bond acceptors (Lipinski definition) is 7. The van der Waals surface area contributed by atoms with E-state index in [1.54, 1.807) is 41.7 Å². The van der Waals surface area contributed by atoms with Gasteiger partial charge in [-0.25, -0.2) is 9.97 Å². The number of benzene rings is 1. The Morgan fingerprint density at radius 2 is 2.27 bits per heavy atom.